The summed E-state index contributed by atoms with van der Waals surface area (Å²) < 4.78 is 0. The van der Waals surface area contributed by atoms with E-state index in [2.05, 4.69) is 17.3 Å². The number of carbonyl (C=O) groups is 1. The topological polar surface area (TPSA) is 35.6 Å². The normalized spacial score (nSPS) is 17.6. The molecule has 0 radical (unpaired) electrons. The third-order valence-corrected chi connectivity index (χ3v) is 5.87. The number of hydrogen-bond donors (Lipinski definition) is 1. The van der Waals surface area contributed by atoms with E-state index in [-0.39, 0.29) is 18.1 Å². The van der Waals surface area contributed by atoms with Gasteiger partial charge in [0.15, 0.2) is 0 Å². The van der Waals surface area contributed by atoms with E-state index < -0.39 is 0 Å². The first kappa shape index (κ1) is 19.4. The summed E-state index contributed by atoms with van der Waals surface area (Å²) in [6, 6.07) is 3.96. The van der Waals surface area contributed by atoms with Crippen LogP contribution in [0.15, 0.2) is 12.1 Å². The molecular formula is C18H27Cl2N3O. The zero-order valence-electron chi connectivity index (χ0n) is 14.9. The molecule has 6 heteroatoms. The Labute approximate surface area is 155 Å². The van der Waals surface area contributed by atoms with E-state index in [1.807, 2.05) is 37.9 Å². The minimum atomic E-state index is -0.192. The molecule has 1 aliphatic heterocycles. The van der Waals surface area contributed by atoms with Crippen molar-refractivity contribution in [2.45, 2.75) is 45.2 Å². The Morgan fingerprint density at radius 2 is 1.96 bits per heavy atom. The predicted molar refractivity (Wildman–Crippen MR) is 101 cm³/mol. The van der Waals surface area contributed by atoms with Crippen LogP contribution in [0.3, 0.4) is 0 Å². The highest BCUT2D eigenvalue weighted by Gasteiger charge is 2.25. The summed E-state index contributed by atoms with van der Waals surface area (Å²) in [5.41, 5.74) is 1.87. The molecule has 2 amide bonds. The molecule has 0 aromatic heterocycles. The highest BCUT2D eigenvalue weighted by molar-refractivity contribution is 6.43. The van der Waals surface area contributed by atoms with Gasteiger partial charge in [0.25, 0.3) is 0 Å². The Morgan fingerprint density at radius 3 is 2.54 bits per heavy atom. The van der Waals surface area contributed by atoms with Crippen molar-refractivity contribution in [3.8, 4) is 0 Å². The van der Waals surface area contributed by atoms with Gasteiger partial charge in [-0.05, 0) is 57.5 Å². The summed E-state index contributed by atoms with van der Waals surface area (Å²) in [5.74, 6) is 0. The van der Waals surface area contributed by atoms with E-state index in [9.17, 15) is 4.79 Å². The van der Waals surface area contributed by atoms with E-state index in [1.54, 1.807) is 0 Å². The molecule has 0 spiro atoms. The Hall–Kier alpha value is -0.970. The zero-order chi connectivity index (χ0) is 17.9. The standard InChI is InChI=1S/C18H27Cl2N3O/c1-5-13-6-7-15(17(20)16(13)19)12(2)21-18(24)23(4)14-8-10-22(3)11-9-14/h6-7,12,14H,5,8-11H2,1-4H3,(H,21,24). The molecule has 1 saturated heterocycles. The van der Waals surface area contributed by atoms with Gasteiger partial charge >= 0.3 is 6.03 Å². The molecule has 0 saturated carbocycles. The van der Waals surface area contributed by atoms with Gasteiger partial charge in [0.1, 0.15) is 0 Å². The van der Waals surface area contributed by atoms with Crippen molar-refractivity contribution in [2.75, 3.05) is 27.2 Å². The minimum absolute atomic E-state index is 0.0659. The SMILES string of the molecule is CCc1ccc(C(C)NC(=O)N(C)C2CCN(C)CC2)c(Cl)c1Cl. The lowest BCUT2D eigenvalue weighted by Gasteiger charge is -2.35. The smallest absolute Gasteiger partial charge is 0.317 e. The lowest BCUT2D eigenvalue weighted by atomic mass is 10.0. The first-order valence-electron chi connectivity index (χ1n) is 8.53. The van der Waals surface area contributed by atoms with Crippen molar-refractivity contribution in [2.24, 2.45) is 0 Å². The second-order valence-corrected chi connectivity index (χ2v) is 7.37. The fourth-order valence-electron chi connectivity index (χ4n) is 3.12. The Balaban J connectivity index is 2.02. The van der Waals surface area contributed by atoms with Gasteiger partial charge in [-0.1, -0.05) is 42.3 Å². The van der Waals surface area contributed by atoms with Gasteiger partial charge in [0.2, 0.25) is 0 Å². The van der Waals surface area contributed by atoms with Gasteiger partial charge < -0.3 is 15.1 Å². The molecule has 1 unspecified atom stereocenters. The van der Waals surface area contributed by atoms with Crippen LogP contribution in [-0.4, -0.2) is 49.1 Å². The number of piperidine rings is 1. The van der Waals surface area contributed by atoms with Crippen molar-refractivity contribution >= 4 is 29.2 Å². The third kappa shape index (κ3) is 4.35. The summed E-state index contributed by atoms with van der Waals surface area (Å²) in [6.07, 6.45) is 2.84. The average Bonchev–Trinajstić information content (AvgIpc) is 2.57. The number of aryl methyl sites for hydroxylation is 1. The molecule has 1 aromatic rings. The van der Waals surface area contributed by atoms with E-state index in [4.69, 9.17) is 23.2 Å². The number of hydrogen-bond acceptors (Lipinski definition) is 2. The highest BCUT2D eigenvalue weighted by Crippen LogP contribution is 2.33. The maximum Gasteiger partial charge on any atom is 0.317 e. The van der Waals surface area contributed by atoms with Crippen molar-refractivity contribution in [3.63, 3.8) is 0 Å². The molecule has 1 heterocycles. The number of benzene rings is 1. The molecule has 2 rings (SSSR count). The molecular weight excluding hydrogens is 345 g/mol. The maximum atomic E-state index is 12.6. The number of carbonyl (C=O) groups excluding carboxylic acids is 1. The van der Waals surface area contributed by atoms with Crippen LogP contribution in [0.5, 0.6) is 0 Å². The summed E-state index contributed by atoms with van der Waals surface area (Å²) in [7, 11) is 3.98. The van der Waals surface area contributed by atoms with E-state index in [1.165, 1.54) is 0 Å². The summed E-state index contributed by atoms with van der Waals surface area (Å²) >= 11 is 12.7. The quantitative estimate of drug-likeness (QED) is 0.853. The van der Waals surface area contributed by atoms with Crippen LogP contribution in [0.2, 0.25) is 10.0 Å². The lowest BCUT2D eigenvalue weighted by molar-refractivity contribution is 0.146. The molecule has 24 heavy (non-hydrogen) atoms. The molecule has 4 nitrogen and oxygen atoms in total. The number of rotatable bonds is 4. The number of amides is 2. The van der Waals surface area contributed by atoms with Crippen LogP contribution >= 0.6 is 23.2 Å². The fourth-order valence-corrected chi connectivity index (χ4v) is 3.78. The first-order chi connectivity index (χ1) is 11.3. The fraction of sp³-hybridized carbons (Fsp3) is 0.611. The van der Waals surface area contributed by atoms with E-state index in [0.29, 0.717) is 10.0 Å². The monoisotopic (exact) mass is 371 g/mol. The average molecular weight is 372 g/mol. The Bertz CT molecular complexity index is 586. The largest absolute Gasteiger partial charge is 0.331 e. The predicted octanol–water partition coefficient (Wildman–Crippen LogP) is 4.35. The first-order valence-corrected chi connectivity index (χ1v) is 9.29. The molecule has 0 aliphatic carbocycles. The van der Waals surface area contributed by atoms with Crippen LogP contribution in [-0.2, 0) is 6.42 Å². The van der Waals surface area contributed by atoms with Crippen molar-refractivity contribution in [3.05, 3.63) is 33.3 Å². The van der Waals surface area contributed by atoms with E-state index in [0.717, 1.165) is 43.5 Å². The van der Waals surface area contributed by atoms with Crippen molar-refractivity contribution in [1.29, 1.82) is 0 Å². The lowest BCUT2D eigenvalue weighted by Crippen LogP contribution is -2.48. The van der Waals surface area contributed by atoms with Crippen LogP contribution in [0, 0.1) is 0 Å². The van der Waals surface area contributed by atoms with Crippen LogP contribution in [0.1, 0.15) is 43.9 Å². The van der Waals surface area contributed by atoms with Gasteiger partial charge in [0, 0.05) is 13.1 Å². The molecule has 134 valence electrons. The Morgan fingerprint density at radius 1 is 1.33 bits per heavy atom. The van der Waals surface area contributed by atoms with Gasteiger partial charge in [-0.3, -0.25) is 0 Å². The summed E-state index contributed by atoms with van der Waals surface area (Å²) in [6.45, 7) is 6.03. The van der Waals surface area contributed by atoms with Crippen LogP contribution < -0.4 is 5.32 Å². The summed E-state index contributed by atoms with van der Waals surface area (Å²) in [5, 5.41) is 4.16. The second kappa shape index (κ2) is 8.41. The Kier molecular flexibility index (Phi) is 6.79. The minimum Gasteiger partial charge on any atom is -0.331 e. The van der Waals surface area contributed by atoms with Gasteiger partial charge in [0.05, 0.1) is 16.1 Å². The molecule has 1 atom stereocenters. The molecule has 0 bridgehead atoms. The maximum absolute atomic E-state index is 12.6. The van der Waals surface area contributed by atoms with Gasteiger partial charge in [-0.25, -0.2) is 4.79 Å². The second-order valence-electron chi connectivity index (χ2n) is 6.61. The summed E-state index contributed by atoms with van der Waals surface area (Å²) in [4.78, 5) is 16.7. The van der Waals surface area contributed by atoms with Crippen molar-refractivity contribution < 1.29 is 4.79 Å². The third-order valence-electron chi connectivity index (χ3n) is 4.94. The molecule has 1 aromatic carbocycles. The van der Waals surface area contributed by atoms with Crippen molar-refractivity contribution in [1.82, 2.24) is 15.1 Å². The highest BCUT2D eigenvalue weighted by atomic mass is 35.5. The van der Waals surface area contributed by atoms with Crippen LogP contribution in [0.4, 0.5) is 4.79 Å². The number of nitrogens with one attached hydrogen (secondary N) is 1. The number of nitrogens with zero attached hydrogens (tertiary/aromatic N) is 2. The molecule has 1 N–H and O–H groups in total. The number of urea groups is 1. The van der Waals surface area contributed by atoms with Gasteiger partial charge in [-0.2, -0.15) is 0 Å². The zero-order valence-corrected chi connectivity index (χ0v) is 16.4. The van der Waals surface area contributed by atoms with E-state index >= 15 is 0 Å². The van der Waals surface area contributed by atoms with Gasteiger partial charge in [-0.15, -0.1) is 0 Å². The number of likely N-dealkylation sites (tertiary alicyclic amines) is 1. The number of halogens is 2. The molecule has 1 fully saturated rings. The van der Waals surface area contributed by atoms with Crippen LogP contribution in [0.25, 0.3) is 0 Å². The molecule has 1 aliphatic rings.